The first-order chi connectivity index (χ1) is 25.4. The highest BCUT2D eigenvalue weighted by Gasteiger charge is 2.32. The predicted octanol–water partition coefficient (Wildman–Crippen LogP) is -2.74. The van der Waals surface area contributed by atoms with E-state index in [1.807, 2.05) is 22.6 Å². The Hall–Kier alpha value is -4.61. The van der Waals surface area contributed by atoms with E-state index in [9.17, 15) is 48.6 Å². The number of carbonyl (C=O) groups excluding carboxylic acids is 6. The van der Waals surface area contributed by atoms with Crippen LogP contribution < -0.4 is 49.1 Å². The van der Waals surface area contributed by atoms with Gasteiger partial charge in [-0.3, -0.25) is 38.4 Å². The van der Waals surface area contributed by atoms with Gasteiger partial charge in [-0.1, -0.05) is 12.5 Å². The summed E-state index contributed by atoms with van der Waals surface area (Å²) >= 11 is 1.86. The Morgan fingerprint density at radius 1 is 0.704 bits per heavy atom. The largest absolute Gasteiger partial charge is 0.507 e. The van der Waals surface area contributed by atoms with Crippen molar-refractivity contribution >= 4 is 70.0 Å². The van der Waals surface area contributed by atoms with Gasteiger partial charge in [0.1, 0.15) is 36.0 Å². The summed E-state index contributed by atoms with van der Waals surface area (Å²) in [6, 6.07) is -3.50. The lowest BCUT2D eigenvalue weighted by molar-refractivity contribution is -0.141. The van der Waals surface area contributed by atoms with Crippen LogP contribution in [0.5, 0.6) is 5.75 Å². The van der Waals surface area contributed by atoms with E-state index < -0.39 is 96.6 Å². The Bertz CT molecular complexity index is 1480. The van der Waals surface area contributed by atoms with Crippen molar-refractivity contribution in [3.63, 3.8) is 0 Å². The van der Waals surface area contributed by atoms with E-state index in [0.29, 0.717) is 54.3 Å². The molecule has 1 aromatic rings. The van der Waals surface area contributed by atoms with Crippen molar-refractivity contribution in [3.05, 3.63) is 27.3 Å². The van der Waals surface area contributed by atoms with Crippen molar-refractivity contribution in [1.29, 1.82) is 0 Å². The van der Waals surface area contributed by atoms with Crippen molar-refractivity contribution < 1.29 is 53.7 Å². The number of carbonyl (C=O) groups is 8. The molecule has 302 valence electrons. The van der Waals surface area contributed by atoms with Crippen molar-refractivity contribution in [2.75, 3.05) is 19.6 Å². The Labute approximate surface area is 326 Å². The number of benzene rings is 1. The van der Waals surface area contributed by atoms with E-state index in [1.54, 1.807) is 0 Å². The van der Waals surface area contributed by atoms with Gasteiger partial charge in [0.2, 0.25) is 35.4 Å². The molecule has 0 heterocycles. The normalized spacial score (nSPS) is 14.2. The standard InChI is InChI=1S/C33H52IN9O11/c1-17(28(48)42-22(8-4-6-12-36)30(50)40-18(2)33(53)54)39-31(51)24(15-27(46)47)43-32(52)23(14-19-9-10-25(44)20(34)13-19)41-26(45)16-38-29(49)21(37)7-3-5-11-35/h9-10,13,17-18,21-24,44H,3-8,11-12,14-16,35-37H2,1-2H3,(H,38,49)(H,39,51)(H,40,50)(H,41,45)(H,42,48)(H,43,52)(H,46,47)(H,53,54)/t17-,18-,21-,22-,23-,24-/m0/s1. The maximum atomic E-state index is 13.6. The van der Waals surface area contributed by atoms with Crippen molar-refractivity contribution in [1.82, 2.24) is 31.9 Å². The molecule has 0 aliphatic heterocycles. The number of unbranched alkanes of at least 4 members (excludes halogenated alkanes) is 2. The van der Waals surface area contributed by atoms with E-state index in [2.05, 4.69) is 31.9 Å². The fraction of sp³-hybridized carbons (Fsp3) is 0.576. The van der Waals surface area contributed by atoms with Crippen LogP contribution in [0.3, 0.4) is 0 Å². The van der Waals surface area contributed by atoms with Crippen LogP contribution >= 0.6 is 22.6 Å². The van der Waals surface area contributed by atoms with Gasteiger partial charge in [-0.25, -0.2) is 0 Å². The molecule has 0 spiro atoms. The molecule has 54 heavy (non-hydrogen) atoms. The third-order valence-electron chi connectivity index (χ3n) is 7.91. The van der Waals surface area contributed by atoms with Crippen LogP contribution in [0.1, 0.15) is 64.4 Å². The highest BCUT2D eigenvalue weighted by molar-refractivity contribution is 14.1. The monoisotopic (exact) mass is 877 g/mol. The summed E-state index contributed by atoms with van der Waals surface area (Å²) in [5, 5.41) is 42.8. The van der Waals surface area contributed by atoms with Gasteiger partial charge in [0.05, 0.1) is 22.6 Å². The SMILES string of the molecule is C[C@H](NC(=O)[C@H](CCCCN)NC(=O)[C@H](C)NC(=O)[C@H](CC(=O)O)NC(=O)[C@H](Cc1ccc(O)c(I)c1)NC(=O)CNC(=O)[C@@H](N)CCCCN)C(=O)O. The van der Waals surface area contributed by atoms with Gasteiger partial charge in [-0.05, 0) is 99.3 Å². The molecule has 0 fully saturated rings. The van der Waals surface area contributed by atoms with Gasteiger partial charge < -0.3 is 64.4 Å². The van der Waals surface area contributed by atoms with Gasteiger partial charge in [0.15, 0.2) is 0 Å². The van der Waals surface area contributed by atoms with Crippen LogP contribution in [0, 0.1) is 3.57 Å². The van der Waals surface area contributed by atoms with Gasteiger partial charge >= 0.3 is 11.9 Å². The maximum absolute atomic E-state index is 13.6. The molecule has 20 nitrogen and oxygen atoms in total. The van der Waals surface area contributed by atoms with Crippen molar-refractivity contribution in [2.45, 2.75) is 101 Å². The lowest BCUT2D eigenvalue weighted by Gasteiger charge is -2.25. The second-order valence-corrected chi connectivity index (χ2v) is 13.7. The number of nitrogens with two attached hydrogens (primary N) is 3. The molecule has 1 aromatic carbocycles. The van der Waals surface area contributed by atoms with Gasteiger partial charge in [0.25, 0.3) is 0 Å². The third kappa shape index (κ3) is 17.9. The molecule has 0 bridgehead atoms. The molecule has 0 unspecified atom stereocenters. The first-order valence-electron chi connectivity index (χ1n) is 17.3. The molecule has 0 aromatic heterocycles. The van der Waals surface area contributed by atoms with Gasteiger partial charge in [-0.15, -0.1) is 0 Å². The number of hydrogen-bond donors (Lipinski definition) is 12. The summed E-state index contributed by atoms with van der Waals surface area (Å²) in [5.74, 6) is -7.97. The fourth-order valence-electron chi connectivity index (χ4n) is 4.78. The smallest absolute Gasteiger partial charge is 0.325 e. The fourth-order valence-corrected chi connectivity index (χ4v) is 5.36. The average Bonchev–Trinajstić information content (AvgIpc) is 3.10. The molecule has 0 aliphatic rings. The Balaban J connectivity index is 3.14. The number of hydrogen-bond acceptors (Lipinski definition) is 12. The first kappa shape index (κ1) is 47.4. The number of nitrogens with one attached hydrogen (secondary N) is 6. The van der Waals surface area contributed by atoms with E-state index in [4.69, 9.17) is 22.3 Å². The average molecular weight is 878 g/mol. The zero-order valence-electron chi connectivity index (χ0n) is 30.2. The van der Waals surface area contributed by atoms with Crippen LogP contribution in [-0.2, 0) is 44.8 Å². The number of aliphatic carboxylic acids is 2. The number of amides is 6. The summed E-state index contributed by atoms with van der Waals surface area (Å²) in [5.41, 5.74) is 17.3. The summed E-state index contributed by atoms with van der Waals surface area (Å²) < 4.78 is 0.428. The molecule has 0 radical (unpaired) electrons. The molecular weight excluding hydrogens is 825 g/mol. The number of carboxylic acids is 2. The zero-order valence-corrected chi connectivity index (χ0v) is 32.3. The van der Waals surface area contributed by atoms with E-state index in [0.717, 1.165) is 0 Å². The highest BCUT2D eigenvalue weighted by atomic mass is 127. The molecule has 0 saturated carbocycles. The quantitative estimate of drug-likeness (QED) is 0.0351. The number of phenols is 1. The summed E-state index contributed by atoms with van der Waals surface area (Å²) in [7, 11) is 0. The van der Waals surface area contributed by atoms with Crippen molar-refractivity contribution in [2.24, 2.45) is 17.2 Å². The molecule has 6 atom stereocenters. The molecule has 0 aliphatic carbocycles. The van der Waals surface area contributed by atoms with E-state index >= 15 is 0 Å². The second-order valence-electron chi connectivity index (χ2n) is 12.5. The summed E-state index contributed by atoms with van der Waals surface area (Å²) in [4.78, 5) is 101. The number of halogens is 1. The predicted molar refractivity (Wildman–Crippen MR) is 202 cm³/mol. The van der Waals surface area contributed by atoms with Gasteiger partial charge in [0, 0.05) is 6.42 Å². The van der Waals surface area contributed by atoms with E-state index in [-0.39, 0.29) is 18.6 Å². The lowest BCUT2D eigenvalue weighted by Crippen LogP contribution is -2.59. The molecule has 21 heteroatoms. The Morgan fingerprint density at radius 3 is 1.83 bits per heavy atom. The minimum Gasteiger partial charge on any atom is -0.507 e. The zero-order chi connectivity index (χ0) is 41.0. The molecular formula is C33H52IN9O11. The van der Waals surface area contributed by atoms with Crippen LogP contribution in [0.4, 0.5) is 0 Å². The lowest BCUT2D eigenvalue weighted by atomic mass is 10.0. The Morgan fingerprint density at radius 2 is 1.26 bits per heavy atom. The highest BCUT2D eigenvalue weighted by Crippen LogP contribution is 2.21. The summed E-state index contributed by atoms with van der Waals surface area (Å²) in [6.45, 7) is 2.65. The van der Waals surface area contributed by atoms with Crippen LogP contribution in [0.15, 0.2) is 18.2 Å². The van der Waals surface area contributed by atoms with Crippen molar-refractivity contribution in [3.8, 4) is 5.75 Å². The van der Waals surface area contributed by atoms with Crippen LogP contribution in [0.2, 0.25) is 0 Å². The van der Waals surface area contributed by atoms with Crippen LogP contribution in [0.25, 0.3) is 0 Å². The number of rotatable bonds is 25. The third-order valence-corrected chi connectivity index (χ3v) is 8.77. The minimum atomic E-state index is -1.75. The molecule has 0 saturated heterocycles. The van der Waals surface area contributed by atoms with Crippen LogP contribution in [-0.4, -0.2) is 119 Å². The molecule has 15 N–H and O–H groups in total. The molecule has 6 amide bonds. The second kappa shape index (κ2) is 24.7. The minimum absolute atomic E-state index is 0.0384. The Kier molecular flexibility index (Phi) is 21.6. The molecule has 1 rings (SSSR count). The number of carboxylic acid groups (broad SMARTS) is 2. The first-order valence-corrected chi connectivity index (χ1v) is 18.3. The summed E-state index contributed by atoms with van der Waals surface area (Å²) in [6.07, 6.45) is 1.47. The number of aromatic hydroxyl groups is 1. The van der Waals surface area contributed by atoms with E-state index in [1.165, 1.54) is 32.0 Å². The van der Waals surface area contributed by atoms with Gasteiger partial charge in [-0.2, -0.15) is 0 Å². The topological polar surface area (TPSA) is 347 Å². The number of phenolic OH excluding ortho intramolecular Hbond substituents is 1. The maximum Gasteiger partial charge on any atom is 0.325 e.